The van der Waals surface area contributed by atoms with Crippen LogP contribution in [-0.2, 0) is 9.59 Å². The first kappa shape index (κ1) is 23.7. The van der Waals surface area contributed by atoms with E-state index in [1.165, 1.54) is 30.3 Å². The molecule has 2 aromatic rings. The predicted molar refractivity (Wildman–Crippen MR) is 125 cm³/mol. The summed E-state index contributed by atoms with van der Waals surface area (Å²) in [5.41, 5.74) is 0.332. The summed E-state index contributed by atoms with van der Waals surface area (Å²) >= 11 is 18.1. The van der Waals surface area contributed by atoms with Gasteiger partial charge in [0.15, 0.2) is 5.78 Å². The van der Waals surface area contributed by atoms with E-state index in [0.29, 0.717) is 34.4 Å². The van der Waals surface area contributed by atoms with Gasteiger partial charge in [-0.2, -0.15) is 5.01 Å². The average molecular weight is 508 g/mol. The van der Waals surface area contributed by atoms with Crippen LogP contribution in [0.15, 0.2) is 42.5 Å². The van der Waals surface area contributed by atoms with E-state index in [-0.39, 0.29) is 10.6 Å². The van der Waals surface area contributed by atoms with Crippen molar-refractivity contribution in [2.45, 2.75) is 26.2 Å². The molecule has 1 saturated heterocycles. The van der Waals surface area contributed by atoms with Crippen molar-refractivity contribution in [3.8, 4) is 0 Å². The van der Waals surface area contributed by atoms with Crippen LogP contribution in [0.2, 0.25) is 15.1 Å². The van der Waals surface area contributed by atoms with Crippen molar-refractivity contribution in [2.75, 3.05) is 6.54 Å². The van der Waals surface area contributed by atoms with Crippen LogP contribution in [0, 0.1) is 17.8 Å². The first-order chi connectivity index (χ1) is 15.7. The highest BCUT2D eigenvalue weighted by atomic mass is 35.5. The van der Waals surface area contributed by atoms with E-state index in [2.05, 4.69) is 0 Å². The number of nitrogens with zero attached hydrogens (tertiary/aromatic N) is 2. The zero-order valence-corrected chi connectivity index (χ0v) is 20.0. The van der Waals surface area contributed by atoms with Gasteiger partial charge in [-0.1, -0.05) is 41.7 Å². The summed E-state index contributed by atoms with van der Waals surface area (Å²) in [7, 11) is 0. The SMILES string of the molecule is C[C@@H]1CC[C@H]2C(=O)N(N(CC(=O)c3ccc(Cl)cc3)C(=O)c3ccc(Cl)cc3Cl)C(=O)[C@H]2C1. The minimum Gasteiger partial charge on any atom is -0.292 e. The predicted octanol–water partition coefficient (Wildman–Crippen LogP) is 5.31. The molecule has 1 saturated carbocycles. The van der Waals surface area contributed by atoms with Crippen molar-refractivity contribution < 1.29 is 19.2 Å². The van der Waals surface area contributed by atoms with Gasteiger partial charge in [-0.25, -0.2) is 5.01 Å². The monoisotopic (exact) mass is 506 g/mol. The van der Waals surface area contributed by atoms with Crippen molar-refractivity contribution in [1.29, 1.82) is 0 Å². The van der Waals surface area contributed by atoms with Gasteiger partial charge in [0.1, 0.15) is 6.54 Å². The third kappa shape index (κ3) is 4.65. The van der Waals surface area contributed by atoms with Crippen molar-refractivity contribution in [3.63, 3.8) is 0 Å². The summed E-state index contributed by atoms with van der Waals surface area (Å²) < 4.78 is 0. The van der Waals surface area contributed by atoms with Gasteiger partial charge in [0.2, 0.25) is 0 Å². The van der Waals surface area contributed by atoms with Gasteiger partial charge in [-0.05, 0) is 67.6 Å². The minimum absolute atomic E-state index is 0.0359. The molecule has 6 nitrogen and oxygen atoms in total. The quantitative estimate of drug-likeness (QED) is 0.406. The molecular formula is C24H21Cl3N2O4. The Morgan fingerprint density at radius 3 is 2.24 bits per heavy atom. The van der Waals surface area contributed by atoms with Gasteiger partial charge >= 0.3 is 0 Å². The summed E-state index contributed by atoms with van der Waals surface area (Å²) in [4.78, 5) is 53.1. The Kier molecular flexibility index (Phi) is 6.80. The molecule has 2 aliphatic rings. The van der Waals surface area contributed by atoms with Gasteiger partial charge < -0.3 is 0 Å². The molecule has 0 spiro atoms. The fraction of sp³-hybridized carbons (Fsp3) is 0.333. The van der Waals surface area contributed by atoms with E-state index in [1.54, 1.807) is 12.1 Å². The first-order valence-electron chi connectivity index (χ1n) is 10.6. The molecule has 33 heavy (non-hydrogen) atoms. The van der Waals surface area contributed by atoms with Crippen LogP contribution in [0.1, 0.15) is 46.9 Å². The molecule has 3 atom stereocenters. The van der Waals surface area contributed by atoms with Gasteiger partial charge in [-0.3, -0.25) is 19.2 Å². The standard InChI is InChI=1S/C24H21Cl3N2O4/c1-13-2-8-17-19(10-13)24(33)29(23(17)32)28(12-21(30)14-3-5-15(25)6-4-14)22(31)18-9-7-16(26)11-20(18)27/h3-7,9,11,13,17,19H,2,8,10,12H2,1H3/t13-,17-,19+/m1/s1. The molecular weight excluding hydrogens is 487 g/mol. The van der Waals surface area contributed by atoms with E-state index < -0.39 is 41.9 Å². The smallest absolute Gasteiger partial charge is 0.274 e. The lowest BCUT2D eigenvalue weighted by Gasteiger charge is -2.30. The summed E-state index contributed by atoms with van der Waals surface area (Å²) in [5, 5.41) is 2.61. The lowest BCUT2D eigenvalue weighted by Crippen LogP contribution is -2.52. The largest absolute Gasteiger partial charge is 0.292 e. The summed E-state index contributed by atoms with van der Waals surface area (Å²) in [6, 6.07) is 10.4. The van der Waals surface area contributed by atoms with Gasteiger partial charge in [-0.15, -0.1) is 0 Å². The molecule has 0 radical (unpaired) electrons. The number of imide groups is 1. The van der Waals surface area contributed by atoms with Crippen LogP contribution < -0.4 is 0 Å². The number of hydrogen-bond acceptors (Lipinski definition) is 4. The molecule has 2 aromatic carbocycles. The molecule has 0 N–H and O–H groups in total. The Labute approximate surface area is 206 Å². The molecule has 9 heteroatoms. The Morgan fingerprint density at radius 2 is 1.58 bits per heavy atom. The molecule has 0 aromatic heterocycles. The van der Waals surface area contributed by atoms with Gasteiger partial charge in [0.25, 0.3) is 17.7 Å². The van der Waals surface area contributed by atoms with E-state index in [9.17, 15) is 19.2 Å². The fourth-order valence-electron chi connectivity index (χ4n) is 4.51. The highest BCUT2D eigenvalue weighted by Gasteiger charge is 2.53. The number of carbonyl (C=O) groups excluding carboxylic acids is 4. The highest BCUT2D eigenvalue weighted by Crippen LogP contribution is 2.41. The average Bonchev–Trinajstić information content (AvgIpc) is 3.01. The topological polar surface area (TPSA) is 74.8 Å². The molecule has 1 aliphatic heterocycles. The third-order valence-corrected chi connectivity index (χ3v) is 7.06. The summed E-state index contributed by atoms with van der Waals surface area (Å²) in [6.07, 6.45) is 1.97. The first-order valence-corrected chi connectivity index (χ1v) is 11.7. The number of Topliss-reactive ketones (excluding diaryl/α,β-unsaturated/α-hetero) is 1. The second-order valence-corrected chi connectivity index (χ2v) is 9.82. The highest BCUT2D eigenvalue weighted by molar-refractivity contribution is 6.36. The number of amides is 3. The van der Waals surface area contributed by atoms with Crippen molar-refractivity contribution in [2.24, 2.45) is 17.8 Å². The number of benzene rings is 2. The summed E-state index contributed by atoms with van der Waals surface area (Å²) in [6.45, 7) is 1.53. The summed E-state index contributed by atoms with van der Waals surface area (Å²) in [5.74, 6) is -2.79. The molecule has 1 aliphatic carbocycles. The van der Waals surface area contributed by atoms with Crippen molar-refractivity contribution in [1.82, 2.24) is 10.0 Å². The number of hydrogen-bond donors (Lipinski definition) is 0. The van der Waals surface area contributed by atoms with Crippen LogP contribution in [0.25, 0.3) is 0 Å². The minimum atomic E-state index is -0.729. The zero-order chi connectivity index (χ0) is 23.9. The van der Waals surface area contributed by atoms with Crippen LogP contribution in [0.4, 0.5) is 0 Å². The van der Waals surface area contributed by atoms with Gasteiger partial charge in [0, 0.05) is 15.6 Å². The third-order valence-electron chi connectivity index (χ3n) is 6.26. The fourth-order valence-corrected chi connectivity index (χ4v) is 5.12. The molecule has 2 fully saturated rings. The normalized spacial score (nSPS) is 22.3. The Morgan fingerprint density at radius 1 is 0.939 bits per heavy atom. The second kappa shape index (κ2) is 9.45. The Bertz CT molecular complexity index is 1140. The lowest BCUT2D eigenvalue weighted by atomic mass is 9.76. The van der Waals surface area contributed by atoms with Crippen molar-refractivity contribution in [3.05, 3.63) is 68.7 Å². The van der Waals surface area contributed by atoms with E-state index >= 15 is 0 Å². The number of fused-ring (bicyclic) bond motifs is 1. The number of rotatable bonds is 5. The number of hydrazine groups is 1. The second-order valence-electron chi connectivity index (χ2n) is 8.54. The van der Waals surface area contributed by atoms with E-state index in [0.717, 1.165) is 16.4 Å². The van der Waals surface area contributed by atoms with Crippen LogP contribution in [-0.4, -0.2) is 40.1 Å². The maximum Gasteiger partial charge on any atom is 0.274 e. The Hall–Kier alpha value is -2.41. The van der Waals surface area contributed by atoms with Crippen LogP contribution >= 0.6 is 34.8 Å². The number of ketones is 1. The lowest BCUT2D eigenvalue weighted by molar-refractivity contribution is -0.154. The van der Waals surface area contributed by atoms with Crippen LogP contribution in [0.3, 0.4) is 0 Å². The maximum absolute atomic E-state index is 13.5. The van der Waals surface area contributed by atoms with E-state index in [1.807, 2.05) is 6.92 Å². The van der Waals surface area contributed by atoms with Gasteiger partial charge in [0.05, 0.1) is 22.4 Å². The number of halogens is 3. The molecule has 0 unspecified atom stereocenters. The molecule has 1 heterocycles. The molecule has 3 amide bonds. The number of carbonyl (C=O) groups is 4. The van der Waals surface area contributed by atoms with E-state index in [4.69, 9.17) is 34.8 Å². The molecule has 0 bridgehead atoms. The van der Waals surface area contributed by atoms with Crippen LogP contribution in [0.5, 0.6) is 0 Å². The van der Waals surface area contributed by atoms with Crippen molar-refractivity contribution >= 4 is 58.3 Å². The Balaban J connectivity index is 1.71. The molecule has 172 valence electrons. The molecule has 4 rings (SSSR count). The zero-order valence-electron chi connectivity index (χ0n) is 17.8. The maximum atomic E-state index is 13.5.